The van der Waals surface area contributed by atoms with Crippen molar-refractivity contribution in [2.75, 3.05) is 16.9 Å². The van der Waals surface area contributed by atoms with Crippen LogP contribution < -0.4 is 15.4 Å². The molecule has 4 rings (SSSR count). The molecule has 0 aliphatic heterocycles. The number of terminal acetylenes is 1. The molecule has 1 fully saturated rings. The van der Waals surface area contributed by atoms with E-state index >= 15 is 0 Å². The monoisotopic (exact) mass is 437 g/mol. The van der Waals surface area contributed by atoms with Crippen LogP contribution in [0.5, 0.6) is 0 Å². The maximum absolute atomic E-state index is 11.4. The van der Waals surface area contributed by atoms with E-state index in [1.807, 2.05) is 24.3 Å². The maximum Gasteiger partial charge on any atom is 0.223 e. The number of anilines is 3. The summed E-state index contributed by atoms with van der Waals surface area (Å²) in [4.78, 5) is 17.6. The van der Waals surface area contributed by atoms with Crippen LogP contribution in [0.1, 0.15) is 31.2 Å². The Labute approximate surface area is 181 Å². The first kappa shape index (κ1) is 21.0. The summed E-state index contributed by atoms with van der Waals surface area (Å²) in [6.45, 7) is 0. The van der Waals surface area contributed by atoms with E-state index in [2.05, 4.69) is 41.2 Å². The number of benzene rings is 1. The molecule has 0 unspecified atom stereocenters. The summed E-state index contributed by atoms with van der Waals surface area (Å²) in [6.07, 6.45) is 13.0. The first-order valence-electron chi connectivity index (χ1n) is 9.95. The summed E-state index contributed by atoms with van der Waals surface area (Å²) < 4.78 is 25.5. The summed E-state index contributed by atoms with van der Waals surface area (Å²) in [5, 5.41) is 6.61. The first-order valence-corrected chi connectivity index (χ1v) is 11.8. The molecule has 0 spiro atoms. The predicted octanol–water partition coefficient (Wildman–Crippen LogP) is 2.42. The van der Waals surface area contributed by atoms with E-state index in [1.165, 1.54) is 12.6 Å². The second kappa shape index (κ2) is 8.83. The highest BCUT2D eigenvalue weighted by Gasteiger charge is 2.23. The highest BCUT2D eigenvalue weighted by Crippen LogP contribution is 2.25. The van der Waals surface area contributed by atoms with Gasteiger partial charge in [0.2, 0.25) is 16.0 Å². The molecule has 1 aliphatic rings. The van der Waals surface area contributed by atoms with Crippen molar-refractivity contribution in [1.29, 1.82) is 0 Å². The van der Waals surface area contributed by atoms with Crippen molar-refractivity contribution in [1.82, 2.24) is 24.7 Å². The fourth-order valence-corrected chi connectivity index (χ4v) is 4.52. The molecule has 1 saturated carbocycles. The molecule has 1 aromatic carbocycles. The van der Waals surface area contributed by atoms with Crippen molar-refractivity contribution in [2.45, 2.75) is 37.8 Å². The minimum absolute atomic E-state index is 0.0199. The maximum atomic E-state index is 11.4. The van der Waals surface area contributed by atoms with E-state index in [1.54, 1.807) is 6.20 Å². The average Bonchev–Trinajstić information content (AvgIpc) is 2.75. The lowest BCUT2D eigenvalue weighted by atomic mass is 9.92. The number of sulfonamides is 1. The van der Waals surface area contributed by atoms with Crippen molar-refractivity contribution in [3.63, 3.8) is 0 Å². The molecule has 0 amide bonds. The van der Waals surface area contributed by atoms with Gasteiger partial charge in [-0.25, -0.2) is 33.1 Å². The van der Waals surface area contributed by atoms with Gasteiger partial charge in [0.05, 0.1) is 12.5 Å². The lowest BCUT2D eigenvalue weighted by molar-refractivity contribution is 0.387. The molecule has 31 heavy (non-hydrogen) atoms. The number of rotatable bonds is 6. The third-order valence-electron chi connectivity index (χ3n) is 5.11. The Hall–Kier alpha value is -3.29. The van der Waals surface area contributed by atoms with Gasteiger partial charge in [0.25, 0.3) is 0 Å². The fraction of sp³-hybridized carbons (Fsp3) is 0.333. The minimum Gasteiger partial charge on any atom is -0.351 e. The Morgan fingerprint density at radius 2 is 1.87 bits per heavy atom. The van der Waals surface area contributed by atoms with Gasteiger partial charge in [-0.15, -0.1) is 6.42 Å². The van der Waals surface area contributed by atoms with Crippen LogP contribution in [0.2, 0.25) is 0 Å². The molecule has 1 aliphatic carbocycles. The van der Waals surface area contributed by atoms with Crippen LogP contribution in [0.3, 0.4) is 0 Å². The van der Waals surface area contributed by atoms with Crippen molar-refractivity contribution < 1.29 is 8.42 Å². The molecular formula is C21H23N7O2S. The van der Waals surface area contributed by atoms with Crippen LogP contribution in [0.15, 0.2) is 36.8 Å². The van der Waals surface area contributed by atoms with Gasteiger partial charge in [-0.2, -0.15) is 0 Å². The molecule has 9 nitrogen and oxygen atoms in total. The van der Waals surface area contributed by atoms with E-state index in [4.69, 9.17) is 6.42 Å². The third-order valence-corrected chi connectivity index (χ3v) is 5.87. The van der Waals surface area contributed by atoms with Crippen molar-refractivity contribution >= 4 is 38.5 Å². The van der Waals surface area contributed by atoms with E-state index in [9.17, 15) is 8.42 Å². The van der Waals surface area contributed by atoms with E-state index in [0.29, 0.717) is 22.8 Å². The van der Waals surface area contributed by atoms with E-state index in [0.717, 1.165) is 36.9 Å². The Kier molecular flexibility index (Phi) is 5.97. The van der Waals surface area contributed by atoms with Crippen molar-refractivity contribution in [3.05, 3.63) is 42.4 Å². The summed E-state index contributed by atoms with van der Waals surface area (Å²) in [5.41, 5.74) is 2.79. The van der Waals surface area contributed by atoms with Crippen LogP contribution in [0, 0.1) is 12.3 Å². The first-order chi connectivity index (χ1) is 14.9. The lowest BCUT2D eigenvalue weighted by Gasteiger charge is -2.29. The van der Waals surface area contributed by atoms with Gasteiger partial charge in [0.1, 0.15) is 17.4 Å². The molecule has 3 N–H and O–H groups in total. The zero-order valence-corrected chi connectivity index (χ0v) is 17.9. The van der Waals surface area contributed by atoms with E-state index in [-0.39, 0.29) is 12.1 Å². The topological polar surface area (TPSA) is 122 Å². The number of aromatic nitrogens is 4. The van der Waals surface area contributed by atoms with Gasteiger partial charge in [0, 0.05) is 23.3 Å². The summed E-state index contributed by atoms with van der Waals surface area (Å²) in [6, 6.07) is 7.64. The van der Waals surface area contributed by atoms with Crippen LogP contribution in [-0.2, 0) is 10.0 Å². The molecule has 0 bridgehead atoms. The van der Waals surface area contributed by atoms with Gasteiger partial charge in [0.15, 0.2) is 5.82 Å². The smallest absolute Gasteiger partial charge is 0.223 e. The second-order valence-electron chi connectivity index (χ2n) is 7.58. The zero-order valence-electron chi connectivity index (χ0n) is 17.0. The quantitative estimate of drug-likeness (QED) is 0.503. The van der Waals surface area contributed by atoms with Crippen molar-refractivity contribution in [2.24, 2.45) is 0 Å². The fourth-order valence-electron chi connectivity index (χ4n) is 3.68. The Bertz CT molecular complexity index is 1230. The van der Waals surface area contributed by atoms with Gasteiger partial charge in [-0.05, 0) is 43.9 Å². The molecule has 0 atom stereocenters. The Balaban J connectivity index is 1.49. The normalized spacial score (nSPS) is 19.0. The zero-order chi connectivity index (χ0) is 21.8. The number of nitrogens with one attached hydrogen (secondary N) is 3. The largest absolute Gasteiger partial charge is 0.351 e. The minimum atomic E-state index is -3.19. The van der Waals surface area contributed by atoms with Crippen LogP contribution in [-0.4, -0.2) is 46.7 Å². The summed E-state index contributed by atoms with van der Waals surface area (Å²) >= 11 is 0. The molecular weight excluding hydrogens is 414 g/mol. The number of hydrogen-bond donors (Lipinski definition) is 3. The highest BCUT2D eigenvalue weighted by molar-refractivity contribution is 7.88. The molecule has 3 aromatic rings. The second-order valence-corrected chi connectivity index (χ2v) is 9.36. The number of hydrogen-bond acceptors (Lipinski definition) is 8. The molecule has 0 radical (unpaired) electrons. The van der Waals surface area contributed by atoms with Gasteiger partial charge in [-0.3, -0.25) is 0 Å². The van der Waals surface area contributed by atoms with Crippen LogP contribution in [0.25, 0.3) is 11.0 Å². The Morgan fingerprint density at radius 3 is 2.61 bits per heavy atom. The van der Waals surface area contributed by atoms with Crippen molar-refractivity contribution in [3.8, 4) is 12.3 Å². The molecule has 160 valence electrons. The van der Waals surface area contributed by atoms with Crippen LogP contribution >= 0.6 is 0 Å². The standard InChI is InChI=1S/C21H23N7O2S/c1-3-14-5-4-6-17(11-14)25-20-19-18(23-13-24-20)12-22-21(27-19)26-15-7-9-16(10-8-15)28-31(2,29)30/h1,4-6,11-13,15-16,28H,7-10H2,2H3,(H,22,26,27)(H,23,24,25). The lowest BCUT2D eigenvalue weighted by Crippen LogP contribution is -2.39. The third kappa shape index (κ3) is 5.45. The molecule has 2 aromatic heterocycles. The van der Waals surface area contributed by atoms with E-state index < -0.39 is 10.0 Å². The summed E-state index contributed by atoms with van der Waals surface area (Å²) in [7, 11) is -3.19. The molecule has 2 heterocycles. The summed E-state index contributed by atoms with van der Waals surface area (Å²) in [5.74, 6) is 3.66. The van der Waals surface area contributed by atoms with Gasteiger partial charge >= 0.3 is 0 Å². The van der Waals surface area contributed by atoms with Crippen LogP contribution in [0.4, 0.5) is 17.5 Å². The Morgan fingerprint density at radius 1 is 1.10 bits per heavy atom. The van der Waals surface area contributed by atoms with Gasteiger partial charge in [-0.1, -0.05) is 12.0 Å². The van der Waals surface area contributed by atoms with Gasteiger partial charge < -0.3 is 10.6 Å². The highest BCUT2D eigenvalue weighted by atomic mass is 32.2. The SMILES string of the molecule is C#Cc1cccc(Nc2ncnc3cnc(NC4CCC(NS(C)(=O)=O)CC4)nc23)c1. The average molecular weight is 438 g/mol. The predicted molar refractivity (Wildman–Crippen MR) is 120 cm³/mol. The number of nitrogens with zero attached hydrogens (tertiary/aromatic N) is 4. The molecule has 10 heteroatoms. The number of fused-ring (bicyclic) bond motifs is 1. The molecule has 0 saturated heterocycles.